The van der Waals surface area contributed by atoms with Crippen LogP contribution in [0.25, 0.3) is 6.08 Å². The van der Waals surface area contributed by atoms with Gasteiger partial charge in [0.1, 0.15) is 17.4 Å². The third-order valence-corrected chi connectivity index (χ3v) is 1.69. The van der Waals surface area contributed by atoms with E-state index in [4.69, 9.17) is 15.4 Å². The lowest BCUT2D eigenvalue weighted by Gasteiger charge is -1.88. The van der Waals surface area contributed by atoms with Gasteiger partial charge in [0.25, 0.3) is 5.91 Å². The zero-order valence-electron chi connectivity index (χ0n) is 6.45. The van der Waals surface area contributed by atoms with Gasteiger partial charge in [-0.15, -0.1) is 0 Å². The molecular weight excluding hydrogens is 236 g/mol. The van der Waals surface area contributed by atoms with E-state index < -0.39 is 5.91 Å². The van der Waals surface area contributed by atoms with Crippen molar-refractivity contribution in [1.82, 2.24) is 0 Å². The molecule has 2 N–H and O–H groups in total. The number of carbonyl (C=O) groups excluding carboxylic acids is 1. The van der Waals surface area contributed by atoms with E-state index in [2.05, 4.69) is 15.9 Å². The molecule has 1 heterocycles. The van der Waals surface area contributed by atoms with Crippen molar-refractivity contribution in [2.24, 2.45) is 5.73 Å². The van der Waals surface area contributed by atoms with Crippen molar-refractivity contribution in [2.75, 3.05) is 0 Å². The van der Waals surface area contributed by atoms with Gasteiger partial charge in [-0.05, 0) is 28.1 Å². The fraction of sp³-hybridized carbons (Fsp3) is 0. The Morgan fingerprint density at radius 2 is 2.38 bits per heavy atom. The van der Waals surface area contributed by atoms with E-state index in [1.165, 1.54) is 6.08 Å². The molecule has 0 aliphatic rings. The highest BCUT2D eigenvalue weighted by Gasteiger charge is 2.04. The molecule has 0 unspecified atom stereocenters. The second kappa shape index (κ2) is 3.92. The summed E-state index contributed by atoms with van der Waals surface area (Å²) in [6.07, 6.45) is 1.28. The van der Waals surface area contributed by atoms with Crippen LogP contribution in [0.4, 0.5) is 0 Å². The number of hydrogen-bond acceptors (Lipinski definition) is 3. The Labute approximate surface area is 82.8 Å². The van der Waals surface area contributed by atoms with Crippen LogP contribution in [0.15, 0.2) is 26.8 Å². The van der Waals surface area contributed by atoms with Crippen molar-refractivity contribution < 1.29 is 9.21 Å². The zero-order valence-corrected chi connectivity index (χ0v) is 8.04. The van der Waals surface area contributed by atoms with Crippen molar-refractivity contribution in [3.8, 4) is 6.07 Å². The van der Waals surface area contributed by atoms with Gasteiger partial charge in [0, 0.05) is 6.08 Å². The minimum Gasteiger partial charge on any atom is -0.450 e. The lowest BCUT2D eigenvalue weighted by molar-refractivity contribution is -0.114. The Kier molecular flexibility index (Phi) is 2.88. The molecule has 0 aliphatic heterocycles. The summed E-state index contributed by atoms with van der Waals surface area (Å²) in [5.41, 5.74) is 4.78. The molecule has 13 heavy (non-hydrogen) atoms. The van der Waals surface area contributed by atoms with Gasteiger partial charge in [0.05, 0.1) is 0 Å². The zero-order chi connectivity index (χ0) is 9.84. The lowest BCUT2D eigenvalue weighted by Crippen LogP contribution is -2.12. The van der Waals surface area contributed by atoms with E-state index in [0.29, 0.717) is 10.4 Å². The molecule has 0 saturated carbocycles. The molecule has 0 saturated heterocycles. The van der Waals surface area contributed by atoms with Crippen LogP contribution in [0.2, 0.25) is 0 Å². The molecule has 0 atom stereocenters. The number of primary amides is 1. The van der Waals surface area contributed by atoms with Crippen molar-refractivity contribution in [1.29, 1.82) is 5.26 Å². The number of halogens is 1. The number of hydrogen-bond donors (Lipinski definition) is 1. The topological polar surface area (TPSA) is 80.0 Å². The van der Waals surface area contributed by atoms with Crippen molar-refractivity contribution in [3.63, 3.8) is 0 Å². The van der Waals surface area contributed by atoms with E-state index in [1.807, 2.05) is 0 Å². The standard InChI is InChI=1S/C8H5BrN2O2/c9-7-2-1-6(13-7)3-5(4-10)8(11)12/h1-3H,(H2,11,12)/b5-3+. The fourth-order valence-electron chi connectivity index (χ4n) is 0.707. The Balaban J connectivity index is 3.00. The summed E-state index contributed by atoms with van der Waals surface area (Å²) in [4.78, 5) is 10.6. The molecular formula is C8H5BrN2O2. The normalized spacial score (nSPS) is 10.9. The second-order valence-corrected chi connectivity index (χ2v) is 2.96. The Bertz CT molecular complexity index is 401. The minimum atomic E-state index is -0.768. The smallest absolute Gasteiger partial charge is 0.259 e. The molecule has 1 rings (SSSR count). The third kappa shape index (κ3) is 2.46. The third-order valence-electron chi connectivity index (χ3n) is 1.27. The molecule has 1 amide bonds. The van der Waals surface area contributed by atoms with Gasteiger partial charge in [-0.1, -0.05) is 0 Å². The first-order valence-corrected chi connectivity index (χ1v) is 4.09. The van der Waals surface area contributed by atoms with Crippen LogP contribution in [-0.2, 0) is 4.79 Å². The highest BCUT2D eigenvalue weighted by molar-refractivity contribution is 9.10. The van der Waals surface area contributed by atoms with Gasteiger partial charge < -0.3 is 10.2 Å². The van der Waals surface area contributed by atoms with E-state index in [9.17, 15) is 4.79 Å². The maximum absolute atomic E-state index is 10.6. The predicted octanol–water partition coefficient (Wildman–Crippen LogP) is 1.43. The second-order valence-electron chi connectivity index (χ2n) is 2.18. The predicted molar refractivity (Wildman–Crippen MR) is 49.2 cm³/mol. The molecule has 0 fully saturated rings. The fourth-order valence-corrected chi connectivity index (χ4v) is 1.03. The largest absolute Gasteiger partial charge is 0.450 e. The number of furan rings is 1. The molecule has 0 bridgehead atoms. The first kappa shape index (κ1) is 9.55. The highest BCUT2D eigenvalue weighted by atomic mass is 79.9. The summed E-state index contributed by atoms with van der Waals surface area (Å²) >= 11 is 3.09. The molecule has 0 aromatic carbocycles. The number of nitrogens with zero attached hydrogens (tertiary/aromatic N) is 1. The van der Waals surface area contributed by atoms with E-state index in [0.717, 1.165) is 0 Å². The molecule has 1 aromatic heterocycles. The lowest BCUT2D eigenvalue weighted by atomic mass is 10.2. The number of nitriles is 1. The molecule has 1 aromatic rings. The molecule has 5 heteroatoms. The first-order chi connectivity index (χ1) is 6.13. The summed E-state index contributed by atoms with van der Waals surface area (Å²) in [6, 6.07) is 4.94. The molecule has 0 radical (unpaired) electrons. The van der Waals surface area contributed by atoms with Gasteiger partial charge in [0.2, 0.25) is 0 Å². The van der Waals surface area contributed by atoms with Crippen molar-refractivity contribution in [2.45, 2.75) is 0 Å². The Morgan fingerprint density at radius 3 is 2.77 bits per heavy atom. The summed E-state index contributed by atoms with van der Waals surface area (Å²) in [7, 11) is 0. The van der Waals surface area contributed by atoms with E-state index in [1.54, 1.807) is 18.2 Å². The quantitative estimate of drug-likeness (QED) is 0.628. The Morgan fingerprint density at radius 1 is 1.69 bits per heavy atom. The number of amides is 1. The summed E-state index contributed by atoms with van der Waals surface area (Å²) in [5, 5.41) is 8.49. The summed E-state index contributed by atoms with van der Waals surface area (Å²) < 4.78 is 5.58. The van der Waals surface area contributed by atoms with Gasteiger partial charge in [0.15, 0.2) is 4.67 Å². The van der Waals surface area contributed by atoms with Crippen LogP contribution in [-0.4, -0.2) is 5.91 Å². The van der Waals surface area contributed by atoms with Gasteiger partial charge in [-0.2, -0.15) is 5.26 Å². The van der Waals surface area contributed by atoms with Crippen LogP contribution in [0.5, 0.6) is 0 Å². The molecule has 0 spiro atoms. The van der Waals surface area contributed by atoms with E-state index >= 15 is 0 Å². The molecule has 0 aliphatic carbocycles. The van der Waals surface area contributed by atoms with Crippen LogP contribution in [0, 0.1) is 11.3 Å². The van der Waals surface area contributed by atoms with E-state index in [-0.39, 0.29) is 5.57 Å². The average Bonchev–Trinajstić information content (AvgIpc) is 2.46. The van der Waals surface area contributed by atoms with Crippen LogP contribution in [0.1, 0.15) is 5.76 Å². The van der Waals surface area contributed by atoms with Crippen LogP contribution >= 0.6 is 15.9 Å². The van der Waals surface area contributed by atoms with Gasteiger partial charge in [-0.25, -0.2) is 0 Å². The maximum Gasteiger partial charge on any atom is 0.259 e. The highest BCUT2D eigenvalue weighted by Crippen LogP contribution is 2.16. The number of carbonyl (C=O) groups is 1. The summed E-state index contributed by atoms with van der Waals surface area (Å²) in [5.74, 6) is -0.364. The van der Waals surface area contributed by atoms with Crippen LogP contribution in [0.3, 0.4) is 0 Å². The first-order valence-electron chi connectivity index (χ1n) is 3.30. The van der Waals surface area contributed by atoms with Gasteiger partial charge in [-0.3, -0.25) is 4.79 Å². The molecule has 66 valence electrons. The SMILES string of the molecule is N#C/C(=C\c1ccc(Br)o1)C(N)=O. The average molecular weight is 241 g/mol. The van der Waals surface area contributed by atoms with Crippen molar-refractivity contribution >= 4 is 27.9 Å². The maximum atomic E-state index is 10.6. The van der Waals surface area contributed by atoms with Crippen LogP contribution < -0.4 is 5.73 Å². The number of nitrogens with two attached hydrogens (primary N) is 1. The monoisotopic (exact) mass is 240 g/mol. The minimum absolute atomic E-state index is 0.137. The molecule has 4 nitrogen and oxygen atoms in total. The van der Waals surface area contributed by atoms with Crippen molar-refractivity contribution in [3.05, 3.63) is 28.1 Å². The Hall–Kier alpha value is -1.54. The summed E-state index contributed by atoms with van der Waals surface area (Å²) in [6.45, 7) is 0. The number of rotatable bonds is 2. The van der Waals surface area contributed by atoms with Gasteiger partial charge >= 0.3 is 0 Å².